The van der Waals surface area contributed by atoms with Crippen molar-refractivity contribution in [2.75, 3.05) is 12.0 Å². The van der Waals surface area contributed by atoms with Gasteiger partial charge < -0.3 is 10.8 Å². The molecule has 0 saturated heterocycles. The van der Waals surface area contributed by atoms with Gasteiger partial charge in [-0.3, -0.25) is 4.79 Å². The molecule has 1 atom stereocenters. The molecule has 60 valence electrons. The molecule has 0 saturated carbocycles. The zero-order chi connectivity index (χ0) is 7.98. The van der Waals surface area contributed by atoms with Crippen LogP contribution in [-0.2, 0) is 4.79 Å². The number of nitrogens with two attached hydrogens (primary N) is 1. The molecule has 1 unspecified atom stereocenters. The minimum Gasteiger partial charge on any atom is -0.481 e. The van der Waals surface area contributed by atoms with Crippen molar-refractivity contribution < 1.29 is 9.90 Å². The topological polar surface area (TPSA) is 63.3 Å². The van der Waals surface area contributed by atoms with Crippen molar-refractivity contribution >= 4 is 17.7 Å². The van der Waals surface area contributed by atoms with Crippen LogP contribution in [0, 0.1) is 0 Å². The van der Waals surface area contributed by atoms with E-state index in [1.165, 1.54) is 0 Å². The summed E-state index contributed by atoms with van der Waals surface area (Å²) in [5.41, 5.74) is 5.55. The van der Waals surface area contributed by atoms with Gasteiger partial charge in [0.2, 0.25) is 0 Å². The molecule has 0 spiro atoms. The van der Waals surface area contributed by atoms with Crippen molar-refractivity contribution in [2.45, 2.75) is 18.9 Å². The lowest BCUT2D eigenvalue weighted by molar-refractivity contribution is -0.137. The fourth-order valence-corrected chi connectivity index (χ4v) is 1.20. The SMILES string of the molecule is CSCC(N)CCC(=O)O. The third-order valence-corrected chi connectivity index (χ3v) is 1.87. The predicted octanol–water partition coefficient (Wildman–Crippen LogP) is 0.542. The van der Waals surface area contributed by atoms with Crippen LogP contribution >= 0.6 is 11.8 Å². The van der Waals surface area contributed by atoms with Crippen molar-refractivity contribution in [2.24, 2.45) is 5.73 Å². The number of carbonyl (C=O) groups is 1. The van der Waals surface area contributed by atoms with Gasteiger partial charge in [-0.1, -0.05) is 0 Å². The minimum atomic E-state index is -0.767. The maximum Gasteiger partial charge on any atom is 0.303 e. The first-order chi connectivity index (χ1) is 4.66. The molecule has 3 nitrogen and oxygen atoms in total. The Hall–Kier alpha value is -0.220. The van der Waals surface area contributed by atoms with Crippen LogP contribution in [0.2, 0.25) is 0 Å². The zero-order valence-electron chi connectivity index (χ0n) is 6.04. The Morgan fingerprint density at radius 2 is 2.40 bits per heavy atom. The number of carboxylic acids is 1. The Morgan fingerprint density at radius 1 is 1.80 bits per heavy atom. The van der Waals surface area contributed by atoms with E-state index < -0.39 is 5.97 Å². The number of thioether (sulfide) groups is 1. The van der Waals surface area contributed by atoms with Crippen molar-refractivity contribution in [1.29, 1.82) is 0 Å². The van der Waals surface area contributed by atoms with E-state index in [1.807, 2.05) is 6.26 Å². The molecule has 3 N–H and O–H groups in total. The summed E-state index contributed by atoms with van der Waals surface area (Å²) in [4.78, 5) is 10.0. The van der Waals surface area contributed by atoms with E-state index in [-0.39, 0.29) is 12.5 Å². The Bertz CT molecular complexity index is 108. The molecule has 4 heteroatoms. The largest absolute Gasteiger partial charge is 0.481 e. The van der Waals surface area contributed by atoms with Crippen molar-refractivity contribution in [1.82, 2.24) is 0 Å². The number of aliphatic carboxylic acids is 1. The second-order valence-electron chi connectivity index (χ2n) is 2.15. The van der Waals surface area contributed by atoms with E-state index in [4.69, 9.17) is 10.8 Å². The van der Waals surface area contributed by atoms with Gasteiger partial charge in [0.1, 0.15) is 0 Å². The minimum absolute atomic E-state index is 0.0334. The molecular formula is C6H13NO2S. The van der Waals surface area contributed by atoms with Gasteiger partial charge in [0.05, 0.1) is 0 Å². The molecule has 0 aromatic rings. The van der Waals surface area contributed by atoms with Crippen LogP contribution in [0.4, 0.5) is 0 Å². The fourth-order valence-electron chi connectivity index (χ4n) is 0.606. The van der Waals surface area contributed by atoms with Crippen LogP contribution < -0.4 is 5.73 Å². The van der Waals surface area contributed by atoms with E-state index in [0.29, 0.717) is 6.42 Å². The standard InChI is InChI=1S/C6H13NO2S/c1-10-4-5(7)2-3-6(8)9/h5H,2-4,7H2,1H3,(H,8,9). The van der Waals surface area contributed by atoms with E-state index >= 15 is 0 Å². The van der Waals surface area contributed by atoms with Gasteiger partial charge in [-0.2, -0.15) is 11.8 Å². The summed E-state index contributed by atoms with van der Waals surface area (Å²) in [7, 11) is 0. The summed E-state index contributed by atoms with van der Waals surface area (Å²) in [6.45, 7) is 0. The van der Waals surface area contributed by atoms with Gasteiger partial charge >= 0.3 is 5.97 Å². The van der Waals surface area contributed by atoms with E-state index in [9.17, 15) is 4.79 Å². The maximum absolute atomic E-state index is 10.0. The first-order valence-corrected chi connectivity index (χ1v) is 4.52. The first kappa shape index (κ1) is 9.78. The van der Waals surface area contributed by atoms with Gasteiger partial charge in [0.25, 0.3) is 0 Å². The average molecular weight is 163 g/mol. The van der Waals surface area contributed by atoms with Gasteiger partial charge in [-0.15, -0.1) is 0 Å². The van der Waals surface area contributed by atoms with Gasteiger partial charge in [0.15, 0.2) is 0 Å². The van der Waals surface area contributed by atoms with Crippen LogP contribution in [0.25, 0.3) is 0 Å². The monoisotopic (exact) mass is 163 g/mol. The molecule has 0 heterocycles. The lowest BCUT2D eigenvalue weighted by Crippen LogP contribution is -2.23. The molecule has 0 amide bonds. The Balaban J connectivity index is 3.21. The normalized spacial score (nSPS) is 13.0. The summed E-state index contributed by atoms with van der Waals surface area (Å²) in [6, 6.07) is 0.0334. The van der Waals surface area contributed by atoms with Crippen LogP contribution in [-0.4, -0.2) is 29.1 Å². The third-order valence-electron chi connectivity index (χ3n) is 1.11. The fraction of sp³-hybridized carbons (Fsp3) is 0.833. The average Bonchev–Trinajstić information content (AvgIpc) is 1.85. The number of carboxylic acid groups (broad SMARTS) is 1. The molecule has 0 aliphatic rings. The van der Waals surface area contributed by atoms with E-state index in [2.05, 4.69) is 0 Å². The summed E-state index contributed by atoms with van der Waals surface area (Å²) >= 11 is 1.64. The van der Waals surface area contributed by atoms with Crippen LogP contribution in [0.5, 0.6) is 0 Å². The van der Waals surface area contributed by atoms with Crippen LogP contribution in [0.1, 0.15) is 12.8 Å². The lowest BCUT2D eigenvalue weighted by Gasteiger charge is -2.06. The highest BCUT2D eigenvalue weighted by Gasteiger charge is 2.03. The van der Waals surface area contributed by atoms with Gasteiger partial charge in [0, 0.05) is 18.2 Å². The highest BCUT2D eigenvalue weighted by Crippen LogP contribution is 2.00. The molecule has 0 aliphatic carbocycles. The molecule has 0 radical (unpaired) electrons. The number of hydrogen-bond acceptors (Lipinski definition) is 3. The second kappa shape index (κ2) is 5.56. The van der Waals surface area contributed by atoms with Crippen LogP contribution in [0.15, 0.2) is 0 Å². The number of hydrogen-bond donors (Lipinski definition) is 2. The Morgan fingerprint density at radius 3 is 2.80 bits per heavy atom. The highest BCUT2D eigenvalue weighted by atomic mass is 32.2. The van der Waals surface area contributed by atoms with Gasteiger partial charge in [-0.05, 0) is 12.7 Å². The predicted molar refractivity (Wildman–Crippen MR) is 43.2 cm³/mol. The highest BCUT2D eigenvalue weighted by molar-refractivity contribution is 7.98. The molecule has 0 aromatic heterocycles. The summed E-state index contributed by atoms with van der Waals surface area (Å²) in [6.07, 6.45) is 2.72. The third kappa shape index (κ3) is 5.91. The zero-order valence-corrected chi connectivity index (χ0v) is 6.86. The molecule has 0 rings (SSSR count). The number of rotatable bonds is 5. The first-order valence-electron chi connectivity index (χ1n) is 3.13. The van der Waals surface area contributed by atoms with Crippen molar-refractivity contribution in [3.8, 4) is 0 Å². The molecule has 0 bridgehead atoms. The summed E-state index contributed by atoms with van der Waals surface area (Å²) in [5.74, 6) is 0.0735. The lowest BCUT2D eigenvalue weighted by atomic mass is 10.2. The quantitative estimate of drug-likeness (QED) is 0.621. The Labute approximate surface area is 65.0 Å². The van der Waals surface area contributed by atoms with Crippen molar-refractivity contribution in [3.63, 3.8) is 0 Å². The maximum atomic E-state index is 10.0. The smallest absolute Gasteiger partial charge is 0.303 e. The van der Waals surface area contributed by atoms with E-state index in [0.717, 1.165) is 5.75 Å². The molecule has 0 aromatic carbocycles. The van der Waals surface area contributed by atoms with Gasteiger partial charge in [-0.25, -0.2) is 0 Å². The van der Waals surface area contributed by atoms with Crippen LogP contribution in [0.3, 0.4) is 0 Å². The molecule has 0 fully saturated rings. The molecule has 10 heavy (non-hydrogen) atoms. The summed E-state index contributed by atoms with van der Waals surface area (Å²) < 4.78 is 0. The van der Waals surface area contributed by atoms with E-state index in [1.54, 1.807) is 11.8 Å². The molecule has 0 aliphatic heterocycles. The van der Waals surface area contributed by atoms with Crippen molar-refractivity contribution in [3.05, 3.63) is 0 Å². The summed E-state index contributed by atoms with van der Waals surface area (Å²) in [5, 5.41) is 8.27. The molecular weight excluding hydrogens is 150 g/mol. The second-order valence-corrected chi connectivity index (χ2v) is 3.06. The Kier molecular flexibility index (Phi) is 5.43.